The summed E-state index contributed by atoms with van der Waals surface area (Å²) in [5.74, 6) is -0.232. The molecule has 5 nitrogen and oxygen atoms in total. The summed E-state index contributed by atoms with van der Waals surface area (Å²) in [5, 5.41) is 2.82. The van der Waals surface area contributed by atoms with E-state index < -0.39 is 10.0 Å². The van der Waals surface area contributed by atoms with Gasteiger partial charge < -0.3 is 5.32 Å². The summed E-state index contributed by atoms with van der Waals surface area (Å²) in [4.78, 5) is 12.2. The molecule has 0 fully saturated rings. The lowest BCUT2D eigenvalue weighted by Gasteiger charge is -2.20. The number of nitrogens with zero attached hydrogens (tertiary/aromatic N) is 1. The summed E-state index contributed by atoms with van der Waals surface area (Å²) in [7, 11) is -3.32. The zero-order valence-corrected chi connectivity index (χ0v) is 14.2. The summed E-state index contributed by atoms with van der Waals surface area (Å²) in [6.45, 7) is 4.06. The second kappa shape index (κ2) is 6.83. The maximum atomic E-state index is 12.2. The van der Waals surface area contributed by atoms with E-state index >= 15 is 0 Å². The SMILES string of the molecule is CCN(c1ccc(C(=O)Nc2cccc(C)c2)cc1)S(C)(=O)=O. The van der Waals surface area contributed by atoms with Crippen molar-refractivity contribution in [1.82, 2.24) is 0 Å². The molecule has 0 aliphatic carbocycles. The van der Waals surface area contributed by atoms with Gasteiger partial charge in [-0.05, 0) is 55.8 Å². The van der Waals surface area contributed by atoms with E-state index in [1.807, 2.05) is 31.2 Å². The van der Waals surface area contributed by atoms with Gasteiger partial charge in [-0.25, -0.2) is 8.42 Å². The zero-order valence-electron chi connectivity index (χ0n) is 13.4. The summed E-state index contributed by atoms with van der Waals surface area (Å²) in [6, 6.07) is 14.0. The minimum atomic E-state index is -3.32. The molecule has 0 aliphatic rings. The lowest BCUT2D eigenvalue weighted by atomic mass is 10.1. The largest absolute Gasteiger partial charge is 0.322 e. The third-order valence-corrected chi connectivity index (χ3v) is 4.65. The van der Waals surface area contributed by atoms with Crippen LogP contribution in [0.15, 0.2) is 48.5 Å². The fraction of sp³-hybridized carbons (Fsp3) is 0.235. The van der Waals surface area contributed by atoms with Crippen LogP contribution in [-0.2, 0) is 10.0 Å². The van der Waals surface area contributed by atoms with Gasteiger partial charge in [0, 0.05) is 17.8 Å². The molecule has 0 radical (unpaired) electrons. The number of hydrogen-bond acceptors (Lipinski definition) is 3. The van der Waals surface area contributed by atoms with Crippen molar-refractivity contribution in [2.75, 3.05) is 22.4 Å². The Labute approximate surface area is 137 Å². The molecule has 2 aromatic rings. The number of benzene rings is 2. The Bertz CT molecular complexity index is 799. The second-order valence-corrected chi connectivity index (χ2v) is 7.21. The van der Waals surface area contributed by atoms with Crippen molar-refractivity contribution in [3.05, 3.63) is 59.7 Å². The van der Waals surface area contributed by atoms with Crippen molar-refractivity contribution in [1.29, 1.82) is 0 Å². The third-order valence-electron chi connectivity index (χ3n) is 3.38. The highest BCUT2D eigenvalue weighted by Gasteiger charge is 2.15. The van der Waals surface area contributed by atoms with Crippen LogP contribution in [0.25, 0.3) is 0 Å². The van der Waals surface area contributed by atoms with Crippen LogP contribution in [0.3, 0.4) is 0 Å². The number of sulfonamides is 1. The Kier molecular flexibility index (Phi) is 5.05. The average Bonchev–Trinajstić information content (AvgIpc) is 2.47. The first-order valence-corrected chi connectivity index (χ1v) is 9.12. The van der Waals surface area contributed by atoms with E-state index in [1.54, 1.807) is 31.2 Å². The topological polar surface area (TPSA) is 66.5 Å². The molecule has 2 aromatic carbocycles. The molecule has 0 atom stereocenters. The lowest BCUT2D eigenvalue weighted by molar-refractivity contribution is 0.102. The van der Waals surface area contributed by atoms with Gasteiger partial charge in [0.2, 0.25) is 10.0 Å². The van der Waals surface area contributed by atoms with Crippen LogP contribution in [0.1, 0.15) is 22.8 Å². The highest BCUT2D eigenvalue weighted by Crippen LogP contribution is 2.19. The molecular formula is C17H20N2O3S. The Hall–Kier alpha value is -2.34. The Morgan fingerprint density at radius 3 is 2.30 bits per heavy atom. The van der Waals surface area contributed by atoms with Gasteiger partial charge in [-0.1, -0.05) is 12.1 Å². The fourth-order valence-corrected chi connectivity index (χ4v) is 3.29. The third kappa shape index (κ3) is 4.32. The molecular weight excluding hydrogens is 312 g/mol. The fourth-order valence-electron chi connectivity index (χ4n) is 2.31. The number of amides is 1. The molecule has 0 heterocycles. The van der Waals surface area contributed by atoms with Crippen LogP contribution in [-0.4, -0.2) is 27.1 Å². The molecule has 0 unspecified atom stereocenters. The summed E-state index contributed by atoms with van der Waals surface area (Å²) in [5.41, 5.74) is 2.80. The standard InChI is InChI=1S/C17H20N2O3S/c1-4-19(23(3,21)22)16-10-8-14(9-11-16)17(20)18-15-7-5-6-13(2)12-15/h5-12H,4H2,1-3H3,(H,18,20). The van der Waals surface area contributed by atoms with Crippen molar-refractivity contribution in [2.45, 2.75) is 13.8 Å². The zero-order chi connectivity index (χ0) is 17.0. The molecule has 1 amide bonds. The second-order valence-electron chi connectivity index (χ2n) is 5.30. The first-order valence-electron chi connectivity index (χ1n) is 7.27. The minimum absolute atomic E-state index is 0.232. The number of carbonyl (C=O) groups is 1. The highest BCUT2D eigenvalue weighted by molar-refractivity contribution is 7.92. The summed E-state index contributed by atoms with van der Waals surface area (Å²) in [6.07, 6.45) is 1.16. The predicted octanol–water partition coefficient (Wildman–Crippen LogP) is 3.03. The molecule has 0 saturated heterocycles. The van der Waals surface area contributed by atoms with Gasteiger partial charge in [0.25, 0.3) is 5.91 Å². The van der Waals surface area contributed by atoms with Crippen LogP contribution in [0, 0.1) is 6.92 Å². The number of carbonyl (C=O) groups excluding carboxylic acids is 1. The molecule has 0 spiro atoms. The van der Waals surface area contributed by atoms with Crippen molar-refractivity contribution in [3.8, 4) is 0 Å². The molecule has 2 rings (SSSR count). The summed E-state index contributed by atoms with van der Waals surface area (Å²) < 4.78 is 24.7. The van der Waals surface area contributed by atoms with E-state index in [1.165, 1.54) is 4.31 Å². The van der Waals surface area contributed by atoms with Crippen molar-refractivity contribution in [3.63, 3.8) is 0 Å². The molecule has 6 heteroatoms. The smallest absolute Gasteiger partial charge is 0.255 e. The predicted molar refractivity (Wildman–Crippen MR) is 93.4 cm³/mol. The van der Waals surface area contributed by atoms with Gasteiger partial charge >= 0.3 is 0 Å². The monoisotopic (exact) mass is 332 g/mol. The number of rotatable bonds is 5. The quantitative estimate of drug-likeness (QED) is 0.915. The van der Waals surface area contributed by atoms with Crippen molar-refractivity contribution >= 4 is 27.3 Å². The van der Waals surface area contributed by atoms with E-state index in [4.69, 9.17) is 0 Å². The highest BCUT2D eigenvalue weighted by atomic mass is 32.2. The van der Waals surface area contributed by atoms with Gasteiger partial charge in [-0.2, -0.15) is 0 Å². The van der Waals surface area contributed by atoms with Crippen LogP contribution >= 0.6 is 0 Å². The van der Waals surface area contributed by atoms with E-state index in [0.29, 0.717) is 17.8 Å². The normalized spacial score (nSPS) is 11.1. The Balaban J connectivity index is 2.17. The molecule has 0 aliphatic heterocycles. The maximum Gasteiger partial charge on any atom is 0.255 e. The van der Waals surface area contributed by atoms with Crippen molar-refractivity contribution < 1.29 is 13.2 Å². The lowest BCUT2D eigenvalue weighted by Crippen LogP contribution is -2.29. The van der Waals surface area contributed by atoms with E-state index in [2.05, 4.69) is 5.32 Å². The first kappa shape index (κ1) is 17.0. The molecule has 1 N–H and O–H groups in total. The molecule has 0 bridgehead atoms. The Morgan fingerprint density at radius 2 is 1.78 bits per heavy atom. The van der Waals surface area contributed by atoms with Gasteiger partial charge in [0.1, 0.15) is 0 Å². The van der Waals surface area contributed by atoms with Crippen LogP contribution < -0.4 is 9.62 Å². The molecule has 0 aromatic heterocycles. The van der Waals surface area contributed by atoms with E-state index in [0.717, 1.165) is 17.5 Å². The number of aryl methyl sites for hydroxylation is 1. The average molecular weight is 332 g/mol. The number of hydrogen-bond donors (Lipinski definition) is 1. The van der Waals surface area contributed by atoms with E-state index in [-0.39, 0.29) is 5.91 Å². The summed E-state index contributed by atoms with van der Waals surface area (Å²) >= 11 is 0. The Morgan fingerprint density at radius 1 is 1.13 bits per heavy atom. The first-order chi connectivity index (χ1) is 10.8. The molecule has 122 valence electrons. The van der Waals surface area contributed by atoms with Gasteiger partial charge in [-0.3, -0.25) is 9.10 Å². The van der Waals surface area contributed by atoms with Gasteiger partial charge in [0.15, 0.2) is 0 Å². The van der Waals surface area contributed by atoms with Gasteiger partial charge in [-0.15, -0.1) is 0 Å². The van der Waals surface area contributed by atoms with Crippen molar-refractivity contribution in [2.24, 2.45) is 0 Å². The van der Waals surface area contributed by atoms with E-state index in [9.17, 15) is 13.2 Å². The maximum absolute atomic E-state index is 12.2. The van der Waals surface area contributed by atoms with Crippen LogP contribution in [0.5, 0.6) is 0 Å². The number of anilines is 2. The molecule has 23 heavy (non-hydrogen) atoms. The van der Waals surface area contributed by atoms with Gasteiger partial charge in [0.05, 0.1) is 11.9 Å². The van der Waals surface area contributed by atoms with Crippen LogP contribution in [0.4, 0.5) is 11.4 Å². The van der Waals surface area contributed by atoms with Crippen LogP contribution in [0.2, 0.25) is 0 Å². The molecule has 0 saturated carbocycles. The number of nitrogens with one attached hydrogen (secondary N) is 1. The minimum Gasteiger partial charge on any atom is -0.322 e.